The first-order chi connectivity index (χ1) is 16.4. The number of rotatable bonds is 15. The summed E-state index contributed by atoms with van der Waals surface area (Å²) >= 11 is 0. The van der Waals surface area contributed by atoms with Gasteiger partial charge in [0.1, 0.15) is 0 Å². The van der Waals surface area contributed by atoms with Crippen molar-refractivity contribution in [2.45, 2.75) is 78.6 Å². The summed E-state index contributed by atoms with van der Waals surface area (Å²) in [5.41, 5.74) is 1.56. The largest absolute Gasteiger partial charge is 0.322 e. The first kappa shape index (κ1) is 27.4. The minimum absolute atomic E-state index is 0.0851. The fourth-order valence-corrected chi connectivity index (χ4v) is 4.15. The summed E-state index contributed by atoms with van der Waals surface area (Å²) in [6.45, 7) is 10.6. The van der Waals surface area contributed by atoms with Crippen LogP contribution >= 0.6 is 0 Å². The lowest BCUT2D eigenvalue weighted by Gasteiger charge is -2.32. The normalized spacial score (nSPS) is 11.1. The fraction of sp³-hybridized carbons (Fsp3) is 0.467. The summed E-state index contributed by atoms with van der Waals surface area (Å²) in [6, 6.07) is 16.6. The molecule has 0 aliphatic rings. The Balaban J connectivity index is 1.99. The summed E-state index contributed by atoms with van der Waals surface area (Å²) in [5, 5.41) is 2.94. The molecule has 0 atom stereocenters. The van der Waals surface area contributed by atoms with Crippen molar-refractivity contribution in [3.8, 4) is 0 Å². The van der Waals surface area contributed by atoms with Crippen molar-refractivity contribution >= 4 is 23.2 Å². The van der Waals surface area contributed by atoms with Crippen LogP contribution in [0.25, 0.3) is 0 Å². The number of carbonyl (C=O) groups excluding carboxylic acids is 2. The zero-order valence-corrected chi connectivity index (χ0v) is 21.3. The molecule has 0 aliphatic heterocycles. The number of anilines is 2. The van der Waals surface area contributed by atoms with E-state index in [0.717, 1.165) is 18.5 Å². The van der Waals surface area contributed by atoms with Gasteiger partial charge in [0.25, 0.3) is 5.91 Å². The van der Waals surface area contributed by atoms with E-state index in [1.54, 1.807) is 23.1 Å². The molecular weight excluding hydrogens is 420 g/mol. The van der Waals surface area contributed by atoms with Gasteiger partial charge in [0.15, 0.2) is 0 Å². The molecular formula is C30H42N2O2. The lowest BCUT2D eigenvalue weighted by molar-refractivity contribution is -0.126. The number of hydrogen-bond acceptors (Lipinski definition) is 2. The Morgan fingerprint density at radius 3 is 2.21 bits per heavy atom. The van der Waals surface area contributed by atoms with Crippen molar-refractivity contribution in [3.63, 3.8) is 0 Å². The standard InChI is InChI=1S/C30H42N2O2/c1-5-7-8-9-10-11-12-16-22-30(3,4)29(34)32(23-6-2)27-21-17-20-26(24-27)31-28(33)25-18-14-13-15-19-25/h6,13-15,17-21,24H,2,5,7-12,16,22-23H2,1,3-4H3,(H,31,33). The maximum atomic E-state index is 13.5. The summed E-state index contributed by atoms with van der Waals surface area (Å²) in [7, 11) is 0. The number of nitrogens with zero attached hydrogens (tertiary/aromatic N) is 1. The van der Waals surface area contributed by atoms with E-state index in [1.807, 2.05) is 56.3 Å². The molecule has 2 rings (SSSR count). The van der Waals surface area contributed by atoms with E-state index in [1.165, 1.54) is 44.9 Å². The third-order valence-corrected chi connectivity index (χ3v) is 6.24. The second-order valence-electron chi connectivity index (χ2n) is 9.68. The lowest BCUT2D eigenvalue weighted by atomic mass is 9.85. The van der Waals surface area contributed by atoms with Crippen LogP contribution in [-0.4, -0.2) is 18.4 Å². The summed E-state index contributed by atoms with van der Waals surface area (Å²) < 4.78 is 0. The molecule has 0 aliphatic carbocycles. The molecule has 0 unspecified atom stereocenters. The monoisotopic (exact) mass is 462 g/mol. The van der Waals surface area contributed by atoms with Gasteiger partial charge in [-0.3, -0.25) is 9.59 Å². The van der Waals surface area contributed by atoms with E-state index in [9.17, 15) is 9.59 Å². The van der Waals surface area contributed by atoms with E-state index < -0.39 is 5.41 Å². The molecule has 0 radical (unpaired) electrons. The highest BCUT2D eigenvalue weighted by atomic mass is 16.2. The van der Waals surface area contributed by atoms with E-state index in [-0.39, 0.29) is 11.8 Å². The SMILES string of the molecule is C=CCN(C(=O)C(C)(C)CCCCCCCCCC)c1cccc(NC(=O)c2ccccc2)c1. The molecule has 0 fully saturated rings. The van der Waals surface area contributed by atoms with Crippen LogP contribution in [-0.2, 0) is 4.79 Å². The third kappa shape index (κ3) is 8.81. The average Bonchev–Trinajstić information content (AvgIpc) is 2.84. The Hall–Kier alpha value is -2.88. The third-order valence-electron chi connectivity index (χ3n) is 6.24. The highest BCUT2D eigenvalue weighted by Gasteiger charge is 2.32. The highest BCUT2D eigenvalue weighted by Crippen LogP contribution is 2.30. The number of hydrogen-bond donors (Lipinski definition) is 1. The second-order valence-corrected chi connectivity index (χ2v) is 9.68. The van der Waals surface area contributed by atoms with Crippen LogP contribution < -0.4 is 10.2 Å². The van der Waals surface area contributed by atoms with Crippen LogP contribution in [0.15, 0.2) is 67.3 Å². The number of carbonyl (C=O) groups is 2. The molecule has 2 aromatic rings. The van der Waals surface area contributed by atoms with Crippen LogP contribution in [0, 0.1) is 5.41 Å². The number of nitrogens with one attached hydrogen (secondary N) is 1. The van der Waals surface area contributed by atoms with E-state index >= 15 is 0 Å². The van der Waals surface area contributed by atoms with Crippen molar-refractivity contribution in [2.24, 2.45) is 5.41 Å². The zero-order valence-electron chi connectivity index (χ0n) is 21.3. The van der Waals surface area contributed by atoms with Crippen molar-refractivity contribution < 1.29 is 9.59 Å². The van der Waals surface area contributed by atoms with E-state index in [4.69, 9.17) is 0 Å². The topological polar surface area (TPSA) is 49.4 Å². The molecule has 0 saturated heterocycles. The molecule has 0 heterocycles. The van der Waals surface area contributed by atoms with Crippen molar-refractivity contribution in [1.29, 1.82) is 0 Å². The van der Waals surface area contributed by atoms with E-state index in [2.05, 4.69) is 18.8 Å². The van der Waals surface area contributed by atoms with Crippen LogP contribution in [0.1, 0.15) is 88.9 Å². The molecule has 0 bridgehead atoms. The van der Waals surface area contributed by atoms with Gasteiger partial charge in [0.2, 0.25) is 5.91 Å². The number of amides is 2. The quantitative estimate of drug-likeness (QED) is 0.215. The molecule has 184 valence electrons. The number of benzene rings is 2. The molecule has 0 spiro atoms. The summed E-state index contributed by atoms with van der Waals surface area (Å²) in [4.78, 5) is 27.9. The molecule has 0 aromatic heterocycles. The predicted molar refractivity (Wildman–Crippen MR) is 144 cm³/mol. The molecule has 4 heteroatoms. The van der Waals surface area contributed by atoms with Gasteiger partial charge in [-0.2, -0.15) is 0 Å². The van der Waals surface area contributed by atoms with Crippen LogP contribution in [0.5, 0.6) is 0 Å². The smallest absolute Gasteiger partial charge is 0.255 e. The Bertz CT molecular complexity index is 905. The Morgan fingerprint density at radius 1 is 0.912 bits per heavy atom. The second kappa shape index (κ2) is 14.4. The minimum atomic E-state index is -0.464. The maximum absolute atomic E-state index is 13.5. The predicted octanol–water partition coefficient (Wildman–Crippen LogP) is 8.01. The highest BCUT2D eigenvalue weighted by molar-refractivity contribution is 6.05. The lowest BCUT2D eigenvalue weighted by Crippen LogP contribution is -2.41. The number of unbranched alkanes of at least 4 members (excludes halogenated alkanes) is 7. The van der Waals surface area contributed by atoms with Gasteiger partial charge < -0.3 is 10.2 Å². The molecule has 2 aromatic carbocycles. The van der Waals surface area contributed by atoms with Crippen molar-refractivity contribution in [1.82, 2.24) is 0 Å². The molecule has 4 nitrogen and oxygen atoms in total. The van der Waals surface area contributed by atoms with Gasteiger partial charge in [-0.15, -0.1) is 6.58 Å². The van der Waals surface area contributed by atoms with Crippen LogP contribution in [0.4, 0.5) is 11.4 Å². The van der Waals surface area contributed by atoms with Gasteiger partial charge in [-0.25, -0.2) is 0 Å². The Labute approximate surface area is 206 Å². The Kier molecular flexibility index (Phi) is 11.6. The van der Waals surface area contributed by atoms with Crippen molar-refractivity contribution in [3.05, 3.63) is 72.8 Å². The molecule has 0 saturated carbocycles. The zero-order chi connectivity index (χ0) is 24.8. The van der Waals surface area contributed by atoms with Gasteiger partial charge in [-0.1, -0.05) is 102 Å². The fourth-order valence-electron chi connectivity index (χ4n) is 4.15. The van der Waals surface area contributed by atoms with Crippen LogP contribution in [0.2, 0.25) is 0 Å². The van der Waals surface area contributed by atoms with Gasteiger partial charge in [0.05, 0.1) is 0 Å². The van der Waals surface area contributed by atoms with Crippen molar-refractivity contribution in [2.75, 3.05) is 16.8 Å². The first-order valence-electron chi connectivity index (χ1n) is 12.8. The average molecular weight is 463 g/mol. The first-order valence-corrected chi connectivity index (χ1v) is 12.8. The Morgan fingerprint density at radius 2 is 1.56 bits per heavy atom. The maximum Gasteiger partial charge on any atom is 0.255 e. The summed E-state index contributed by atoms with van der Waals surface area (Å²) in [5.74, 6) is -0.0868. The van der Waals surface area contributed by atoms with Gasteiger partial charge in [-0.05, 0) is 36.8 Å². The van der Waals surface area contributed by atoms with Gasteiger partial charge >= 0.3 is 0 Å². The molecule has 1 N–H and O–H groups in total. The molecule has 34 heavy (non-hydrogen) atoms. The van der Waals surface area contributed by atoms with Crippen LogP contribution in [0.3, 0.4) is 0 Å². The summed E-state index contributed by atoms with van der Waals surface area (Å²) in [6.07, 6.45) is 12.6. The molecule has 2 amide bonds. The van der Waals surface area contributed by atoms with E-state index in [0.29, 0.717) is 17.8 Å². The minimum Gasteiger partial charge on any atom is -0.322 e. The van der Waals surface area contributed by atoms with Gasteiger partial charge in [0, 0.05) is 28.9 Å².